The normalized spacial score (nSPS) is 17.2. The summed E-state index contributed by atoms with van der Waals surface area (Å²) >= 11 is 3.42. The van der Waals surface area contributed by atoms with Gasteiger partial charge >= 0.3 is 0 Å². The fraction of sp³-hybridized carbons (Fsp3) is 0.250. The molecule has 2 aromatic carbocycles. The lowest BCUT2D eigenvalue weighted by Crippen LogP contribution is -2.40. The number of halogens is 2. The van der Waals surface area contributed by atoms with E-state index in [1.54, 1.807) is 18.3 Å². The van der Waals surface area contributed by atoms with Crippen LogP contribution in [0.25, 0.3) is 10.9 Å². The topological polar surface area (TPSA) is 76.1 Å². The Bertz CT molecular complexity index is 1340. The summed E-state index contributed by atoms with van der Waals surface area (Å²) in [6, 6.07) is 21.7. The number of rotatable bonds is 6. The number of carbonyl (C=O) groups is 1. The maximum absolute atomic E-state index is 13.0. The van der Waals surface area contributed by atoms with Crippen molar-refractivity contribution in [1.29, 1.82) is 0 Å². The van der Waals surface area contributed by atoms with Crippen molar-refractivity contribution < 1.29 is 9.53 Å². The van der Waals surface area contributed by atoms with Gasteiger partial charge in [0.1, 0.15) is 17.1 Å². The molecule has 0 radical (unpaired) electrons. The van der Waals surface area contributed by atoms with E-state index in [4.69, 9.17) is 9.72 Å². The van der Waals surface area contributed by atoms with Gasteiger partial charge in [-0.2, -0.15) is 0 Å². The second kappa shape index (κ2) is 11.7. The number of anilines is 1. The van der Waals surface area contributed by atoms with Crippen LogP contribution in [-0.2, 0) is 0 Å². The lowest BCUT2D eigenvalue weighted by atomic mass is 9.91. The van der Waals surface area contributed by atoms with E-state index in [2.05, 4.69) is 50.6 Å². The van der Waals surface area contributed by atoms with Crippen molar-refractivity contribution in [3.8, 4) is 11.6 Å². The van der Waals surface area contributed by atoms with Crippen LogP contribution in [0, 0.1) is 6.92 Å². The van der Waals surface area contributed by atoms with E-state index in [1.165, 1.54) is 10.9 Å². The van der Waals surface area contributed by atoms with Gasteiger partial charge in [0.25, 0.3) is 5.91 Å². The van der Waals surface area contributed by atoms with Crippen LogP contribution >= 0.6 is 28.3 Å². The molecule has 1 fully saturated rings. The van der Waals surface area contributed by atoms with Crippen molar-refractivity contribution in [2.75, 3.05) is 5.32 Å². The monoisotopic (exact) mass is 566 g/mol. The van der Waals surface area contributed by atoms with Crippen molar-refractivity contribution in [1.82, 2.24) is 15.3 Å². The number of carbonyl (C=O) groups excluding carboxylic acids is 1. The Balaban J connectivity index is 0.00000304. The number of ether oxygens (including phenoxy) is 1. The van der Waals surface area contributed by atoms with Gasteiger partial charge in [-0.1, -0.05) is 34.1 Å². The number of benzene rings is 2. The molecule has 2 N–H and O–H groups in total. The maximum Gasteiger partial charge on any atom is 0.257 e. The van der Waals surface area contributed by atoms with Crippen molar-refractivity contribution >= 4 is 51.0 Å². The average Bonchev–Trinajstić information content (AvgIpc) is 2.87. The van der Waals surface area contributed by atoms with Crippen LogP contribution in [0.2, 0.25) is 0 Å². The molecular formula is C28H28BrClN4O2. The zero-order valence-corrected chi connectivity index (χ0v) is 22.3. The van der Waals surface area contributed by atoms with Crippen molar-refractivity contribution in [3.05, 3.63) is 88.5 Å². The second-order valence-corrected chi connectivity index (χ2v) is 9.84. The minimum absolute atomic E-state index is 0. The van der Waals surface area contributed by atoms with Gasteiger partial charge in [-0.05, 0) is 86.7 Å². The Morgan fingerprint density at radius 1 is 0.972 bits per heavy atom. The first-order valence-corrected chi connectivity index (χ1v) is 12.7. The molecule has 0 aliphatic heterocycles. The predicted octanol–water partition coefficient (Wildman–Crippen LogP) is 7.07. The van der Waals surface area contributed by atoms with Gasteiger partial charge in [-0.15, -0.1) is 12.4 Å². The molecule has 0 unspecified atom stereocenters. The van der Waals surface area contributed by atoms with E-state index in [-0.39, 0.29) is 24.4 Å². The first-order valence-electron chi connectivity index (χ1n) is 11.9. The third-order valence-electron chi connectivity index (χ3n) is 6.38. The molecule has 186 valence electrons. The van der Waals surface area contributed by atoms with Gasteiger partial charge < -0.3 is 15.4 Å². The highest BCUT2D eigenvalue weighted by Gasteiger charge is 2.24. The van der Waals surface area contributed by atoms with Gasteiger partial charge in [0.05, 0.1) is 5.52 Å². The average molecular weight is 568 g/mol. The Morgan fingerprint density at radius 3 is 2.47 bits per heavy atom. The van der Waals surface area contributed by atoms with Crippen LogP contribution in [0.1, 0.15) is 41.6 Å². The summed E-state index contributed by atoms with van der Waals surface area (Å²) in [7, 11) is 0. The molecule has 5 rings (SSSR count). The standard InChI is InChI=1S/C28H27BrN4O2.ClH/c1-18-17-26(33-25-7-3-2-5-23(18)25)31-20-10-12-21(13-11-20)32-27(34)24-6-4-16-30-28(24)35-22-14-8-19(29)9-15-22;/h2-9,14-17,20-21H,10-13H2,1H3,(H,31,33)(H,32,34);1H. The van der Waals surface area contributed by atoms with Crippen molar-refractivity contribution in [2.24, 2.45) is 0 Å². The largest absolute Gasteiger partial charge is 0.438 e. The predicted molar refractivity (Wildman–Crippen MR) is 149 cm³/mol. The van der Waals surface area contributed by atoms with Gasteiger partial charge in [0, 0.05) is 28.1 Å². The molecule has 36 heavy (non-hydrogen) atoms. The Morgan fingerprint density at radius 2 is 1.69 bits per heavy atom. The number of pyridine rings is 2. The number of aromatic nitrogens is 2. The first-order chi connectivity index (χ1) is 17.0. The molecule has 1 saturated carbocycles. The van der Waals surface area contributed by atoms with E-state index in [9.17, 15) is 4.79 Å². The highest BCUT2D eigenvalue weighted by Crippen LogP contribution is 2.27. The van der Waals surface area contributed by atoms with Gasteiger partial charge in [-0.3, -0.25) is 4.79 Å². The van der Waals surface area contributed by atoms with Crippen LogP contribution in [0.3, 0.4) is 0 Å². The van der Waals surface area contributed by atoms with E-state index in [0.29, 0.717) is 23.2 Å². The number of hydrogen-bond acceptors (Lipinski definition) is 5. The minimum Gasteiger partial charge on any atom is -0.438 e. The summed E-state index contributed by atoms with van der Waals surface area (Å²) in [5, 5.41) is 7.96. The van der Waals surface area contributed by atoms with Crippen LogP contribution in [-0.4, -0.2) is 28.0 Å². The first kappa shape index (κ1) is 25.9. The Hall–Kier alpha value is -3.16. The Labute approximate surface area is 225 Å². The number of fused-ring (bicyclic) bond motifs is 1. The van der Waals surface area contributed by atoms with Gasteiger partial charge in [0.15, 0.2) is 0 Å². The minimum atomic E-state index is -0.159. The molecule has 0 bridgehead atoms. The van der Waals surface area contributed by atoms with Crippen molar-refractivity contribution in [3.63, 3.8) is 0 Å². The molecular weight excluding hydrogens is 540 g/mol. The number of para-hydroxylation sites is 1. The molecule has 0 saturated heterocycles. The fourth-order valence-electron chi connectivity index (χ4n) is 4.54. The summed E-state index contributed by atoms with van der Waals surface area (Å²) in [6.45, 7) is 2.12. The zero-order valence-electron chi connectivity index (χ0n) is 19.9. The zero-order chi connectivity index (χ0) is 24.2. The molecule has 6 nitrogen and oxygen atoms in total. The molecule has 1 aliphatic carbocycles. The molecule has 4 aromatic rings. The lowest BCUT2D eigenvalue weighted by molar-refractivity contribution is 0.0923. The highest BCUT2D eigenvalue weighted by atomic mass is 79.9. The molecule has 0 spiro atoms. The molecule has 2 aromatic heterocycles. The Kier molecular flexibility index (Phi) is 8.44. The lowest BCUT2D eigenvalue weighted by Gasteiger charge is -2.30. The third-order valence-corrected chi connectivity index (χ3v) is 6.91. The number of aryl methyl sites for hydroxylation is 1. The fourth-order valence-corrected chi connectivity index (χ4v) is 4.80. The van der Waals surface area contributed by atoms with Crippen molar-refractivity contribution in [2.45, 2.75) is 44.7 Å². The van der Waals surface area contributed by atoms with Crippen LogP contribution in [0.5, 0.6) is 11.6 Å². The van der Waals surface area contributed by atoms with Crippen LogP contribution in [0.15, 0.2) is 77.4 Å². The van der Waals surface area contributed by atoms with Gasteiger partial charge in [-0.25, -0.2) is 9.97 Å². The van der Waals surface area contributed by atoms with E-state index in [0.717, 1.165) is 41.5 Å². The van der Waals surface area contributed by atoms with E-state index in [1.807, 2.05) is 42.5 Å². The summed E-state index contributed by atoms with van der Waals surface area (Å²) in [5.74, 6) is 1.69. The highest BCUT2D eigenvalue weighted by molar-refractivity contribution is 9.10. The quantitative estimate of drug-likeness (QED) is 0.261. The third kappa shape index (κ3) is 6.15. The number of hydrogen-bond donors (Lipinski definition) is 2. The maximum atomic E-state index is 13.0. The SMILES string of the molecule is Cc1cc(NC2CCC(NC(=O)c3cccnc3Oc3ccc(Br)cc3)CC2)nc2ccccc12.Cl. The summed E-state index contributed by atoms with van der Waals surface area (Å²) < 4.78 is 6.85. The van der Waals surface area contributed by atoms with Gasteiger partial charge in [0.2, 0.25) is 5.88 Å². The molecule has 0 atom stereocenters. The molecule has 1 aliphatic rings. The smallest absolute Gasteiger partial charge is 0.257 e. The number of amides is 1. The van der Waals surface area contributed by atoms with E-state index >= 15 is 0 Å². The molecule has 2 heterocycles. The molecule has 1 amide bonds. The van der Waals surface area contributed by atoms with E-state index < -0.39 is 0 Å². The summed E-state index contributed by atoms with van der Waals surface area (Å²) in [4.78, 5) is 22.1. The number of nitrogens with one attached hydrogen (secondary N) is 2. The molecule has 8 heteroatoms. The van der Waals surface area contributed by atoms with Crippen LogP contribution < -0.4 is 15.4 Å². The second-order valence-electron chi connectivity index (χ2n) is 8.92. The summed E-state index contributed by atoms with van der Waals surface area (Å²) in [6.07, 6.45) is 5.37. The summed E-state index contributed by atoms with van der Waals surface area (Å²) in [5.41, 5.74) is 2.66. The van der Waals surface area contributed by atoms with Crippen LogP contribution in [0.4, 0.5) is 5.82 Å². The number of nitrogens with zero attached hydrogens (tertiary/aromatic N) is 2.